The molecule has 6 rings (SSSR count). The number of para-hydroxylation sites is 2. The van der Waals surface area contributed by atoms with Crippen molar-refractivity contribution in [2.45, 2.75) is 0 Å². The molecule has 0 saturated heterocycles. The smallest absolute Gasteiger partial charge is 0.124 e. The second kappa shape index (κ2) is 11.5. The molecule has 0 atom stereocenters. The van der Waals surface area contributed by atoms with E-state index in [2.05, 4.69) is 0 Å². The second-order valence-electron chi connectivity index (χ2n) is 8.99. The van der Waals surface area contributed by atoms with Crippen LogP contribution in [0.3, 0.4) is 0 Å². The van der Waals surface area contributed by atoms with Gasteiger partial charge in [0, 0.05) is 55.1 Å². The van der Waals surface area contributed by atoms with Gasteiger partial charge in [0.1, 0.15) is 11.5 Å². The summed E-state index contributed by atoms with van der Waals surface area (Å²) in [7, 11) is 0. The zero-order chi connectivity index (χ0) is 25.9. The molecule has 5 heteroatoms. The van der Waals surface area contributed by atoms with Crippen LogP contribution in [0.4, 0.5) is 11.4 Å². The molecule has 0 radical (unpaired) electrons. The molecular formula is C34H24N2O2Pd. The van der Waals surface area contributed by atoms with Gasteiger partial charge in [-0.05, 0) is 45.8 Å². The fraction of sp³-hybridized carbons (Fsp3) is 0. The van der Waals surface area contributed by atoms with Crippen LogP contribution >= 0.6 is 0 Å². The maximum Gasteiger partial charge on any atom is 0.124 e. The topological polar surface area (TPSA) is 65.2 Å². The summed E-state index contributed by atoms with van der Waals surface area (Å²) in [5, 5.41) is 25.1. The maximum atomic E-state index is 10.6. The second-order valence-corrected chi connectivity index (χ2v) is 8.99. The summed E-state index contributed by atoms with van der Waals surface area (Å²) in [6.45, 7) is 0. The van der Waals surface area contributed by atoms with Crippen LogP contribution in [0.2, 0.25) is 0 Å². The Balaban J connectivity index is 0.00000308. The third-order valence-electron chi connectivity index (χ3n) is 6.66. The van der Waals surface area contributed by atoms with Crippen molar-refractivity contribution in [2.75, 3.05) is 0 Å². The van der Waals surface area contributed by atoms with Gasteiger partial charge >= 0.3 is 0 Å². The largest absolute Gasteiger partial charge is 0.507 e. The van der Waals surface area contributed by atoms with Gasteiger partial charge in [-0.3, -0.25) is 9.98 Å². The van der Waals surface area contributed by atoms with E-state index >= 15 is 0 Å². The van der Waals surface area contributed by atoms with Gasteiger partial charge in [0.15, 0.2) is 0 Å². The zero-order valence-corrected chi connectivity index (χ0v) is 22.4. The molecule has 0 aliphatic rings. The molecular weight excluding hydrogens is 575 g/mol. The molecule has 2 N–H and O–H groups in total. The van der Waals surface area contributed by atoms with Crippen LogP contribution < -0.4 is 0 Å². The number of rotatable bonds is 5. The zero-order valence-electron chi connectivity index (χ0n) is 20.8. The molecule has 39 heavy (non-hydrogen) atoms. The molecule has 6 aromatic rings. The van der Waals surface area contributed by atoms with Crippen molar-refractivity contribution >= 4 is 45.3 Å². The van der Waals surface area contributed by atoms with Crippen molar-refractivity contribution in [3.8, 4) is 22.6 Å². The molecule has 0 aliphatic heterocycles. The van der Waals surface area contributed by atoms with E-state index in [1.54, 1.807) is 24.6 Å². The number of hydrogen-bond donors (Lipinski definition) is 2. The van der Waals surface area contributed by atoms with E-state index < -0.39 is 0 Å². The molecule has 0 heterocycles. The Morgan fingerprint density at radius 3 is 1.28 bits per heavy atom. The number of phenolic OH excluding ortho intramolecular Hbond substituents is 2. The Morgan fingerprint density at radius 2 is 0.821 bits per heavy atom. The fourth-order valence-electron chi connectivity index (χ4n) is 4.74. The summed E-state index contributed by atoms with van der Waals surface area (Å²) in [6.07, 6.45) is 3.44. The van der Waals surface area contributed by atoms with Gasteiger partial charge in [0.25, 0.3) is 0 Å². The normalized spacial score (nSPS) is 11.4. The Kier molecular flexibility index (Phi) is 7.65. The van der Waals surface area contributed by atoms with E-state index in [0.29, 0.717) is 11.1 Å². The number of aliphatic imine (C=N–C) groups is 2. The third-order valence-corrected chi connectivity index (χ3v) is 6.66. The molecule has 0 aliphatic carbocycles. The summed E-state index contributed by atoms with van der Waals surface area (Å²) >= 11 is 0. The minimum atomic E-state index is 0. The molecule has 0 amide bonds. The summed E-state index contributed by atoms with van der Waals surface area (Å²) < 4.78 is 0. The molecule has 192 valence electrons. The molecule has 6 aromatic carbocycles. The minimum absolute atomic E-state index is 0. The van der Waals surface area contributed by atoms with Gasteiger partial charge in [-0.2, -0.15) is 0 Å². The van der Waals surface area contributed by atoms with Crippen LogP contribution in [0.25, 0.3) is 32.7 Å². The molecule has 0 aromatic heterocycles. The number of fused-ring (bicyclic) bond motifs is 2. The van der Waals surface area contributed by atoms with Crippen LogP contribution in [0.1, 0.15) is 11.1 Å². The molecule has 0 fully saturated rings. The van der Waals surface area contributed by atoms with Crippen LogP contribution in [0, 0.1) is 0 Å². The summed E-state index contributed by atoms with van der Waals surface area (Å²) in [4.78, 5) is 9.60. The number of phenols is 2. The first-order valence-corrected chi connectivity index (χ1v) is 12.4. The Hall–Kier alpha value is -4.56. The molecule has 0 unspecified atom stereocenters. The number of aromatic hydroxyl groups is 2. The minimum Gasteiger partial charge on any atom is -0.507 e. The predicted octanol–water partition coefficient (Wildman–Crippen LogP) is 8.57. The van der Waals surface area contributed by atoms with Gasteiger partial charge in [0.05, 0.1) is 11.4 Å². The van der Waals surface area contributed by atoms with E-state index in [0.717, 1.165) is 44.0 Å². The molecule has 0 saturated carbocycles. The van der Waals surface area contributed by atoms with E-state index in [1.807, 2.05) is 109 Å². The van der Waals surface area contributed by atoms with Gasteiger partial charge in [-0.15, -0.1) is 0 Å². The number of nitrogens with zero attached hydrogens (tertiary/aromatic N) is 2. The molecule has 0 spiro atoms. The first kappa shape index (κ1) is 26.1. The molecule has 4 nitrogen and oxygen atoms in total. The predicted molar refractivity (Wildman–Crippen MR) is 158 cm³/mol. The van der Waals surface area contributed by atoms with Crippen molar-refractivity contribution in [1.82, 2.24) is 0 Å². The summed E-state index contributed by atoms with van der Waals surface area (Å²) in [6, 6.07) is 38.8. The van der Waals surface area contributed by atoms with Crippen molar-refractivity contribution in [2.24, 2.45) is 9.98 Å². The summed E-state index contributed by atoms with van der Waals surface area (Å²) in [5.41, 5.74) is 4.70. The first-order chi connectivity index (χ1) is 18.7. The van der Waals surface area contributed by atoms with E-state index in [-0.39, 0.29) is 31.9 Å². The molecule has 0 bridgehead atoms. The van der Waals surface area contributed by atoms with E-state index in [9.17, 15) is 10.2 Å². The Morgan fingerprint density at radius 1 is 0.436 bits per heavy atom. The van der Waals surface area contributed by atoms with Crippen LogP contribution in [0.15, 0.2) is 131 Å². The average molecular weight is 599 g/mol. The fourth-order valence-corrected chi connectivity index (χ4v) is 4.74. The first-order valence-electron chi connectivity index (χ1n) is 12.4. The van der Waals surface area contributed by atoms with Crippen LogP contribution in [0.5, 0.6) is 11.5 Å². The number of benzene rings is 6. The van der Waals surface area contributed by atoms with Crippen molar-refractivity contribution in [3.63, 3.8) is 0 Å². The van der Waals surface area contributed by atoms with Crippen molar-refractivity contribution in [1.29, 1.82) is 0 Å². The quantitative estimate of drug-likeness (QED) is 0.154. The SMILES string of the molecule is Oc1ccc2ccccc2c1C=Nc1ccccc1-c1ccccc1N=Cc1c(O)ccc2ccccc12.[Pd]. The third kappa shape index (κ3) is 5.24. The van der Waals surface area contributed by atoms with Crippen molar-refractivity contribution < 1.29 is 30.6 Å². The van der Waals surface area contributed by atoms with E-state index in [4.69, 9.17) is 9.98 Å². The van der Waals surface area contributed by atoms with Crippen LogP contribution in [-0.4, -0.2) is 22.6 Å². The van der Waals surface area contributed by atoms with Gasteiger partial charge in [-0.1, -0.05) is 97.1 Å². The average Bonchev–Trinajstić information content (AvgIpc) is 2.96. The van der Waals surface area contributed by atoms with Gasteiger partial charge < -0.3 is 10.2 Å². The van der Waals surface area contributed by atoms with Crippen molar-refractivity contribution in [3.05, 3.63) is 132 Å². The van der Waals surface area contributed by atoms with Crippen LogP contribution in [-0.2, 0) is 20.4 Å². The Bertz CT molecular complexity index is 1720. The monoisotopic (exact) mass is 598 g/mol. The summed E-state index contributed by atoms with van der Waals surface area (Å²) in [5.74, 6) is 0.370. The number of hydrogen-bond acceptors (Lipinski definition) is 4. The van der Waals surface area contributed by atoms with E-state index in [1.165, 1.54) is 0 Å². The Labute approximate surface area is 240 Å². The maximum absolute atomic E-state index is 10.6. The van der Waals surface area contributed by atoms with Gasteiger partial charge in [0.2, 0.25) is 0 Å². The standard InChI is InChI=1S/C34H24N2O2.Pd/c37-33-19-17-23-9-1-3-11-25(23)29(33)21-35-31-15-7-5-13-27(31)28-14-6-8-16-32(28)36-22-30-26-12-4-2-10-24(26)18-20-34(30)38;/h1-22,37-38H;. The van der Waals surface area contributed by atoms with Gasteiger partial charge in [-0.25, -0.2) is 0 Å².